The lowest BCUT2D eigenvalue weighted by molar-refractivity contribution is 0.0948. The minimum Gasteiger partial charge on any atom is -0.497 e. The fourth-order valence-electron chi connectivity index (χ4n) is 2.61. The maximum atomic E-state index is 12.6. The van der Waals surface area contributed by atoms with E-state index in [1.54, 1.807) is 13.2 Å². The van der Waals surface area contributed by atoms with E-state index >= 15 is 0 Å². The monoisotopic (exact) mass is 411 g/mol. The Morgan fingerprint density at radius 1 is 1.03 bits per heavy atom. The van der Waals surface area contributed by atoms with E-state index in [-0.39, 0.29) is 5.91 Å². The fourth-order valence-corrected chi connectivity index (χ4v) is 3.67. The molecule has 0 bridgehead atoms. The van der Waals surface area contributed by atoms with Crippen LogP contribution in [0.3, 0.4) is 0 Å². The number of hydrogen-bond acceptors (Lipinski definition) is 5. The number of nitrogens with two attached hydrogens (primary N) is 1. The lowest BCUT2D eigenvalue weighted by Gasteiger charge is -2.08. The number of ether oxygens (including phenoxy) is 2. The SMILES string of the molecule is COc1ccc(-c2cc(C(=O)NCCOc3ccccc3)c(NC(N)=O)s2)cc1. The van der Waals surface area contributed by atoms with E-state index in [0.717, 1.165) is 21.9 Å². The molecular weight excluding hydrogens is 390 g/mol. The van der Waals surface area contributed by atoms with Gasteiger partial charge in [-0.2, -0.15) is 0 Å². The highest BCUT2D eigenvalue weighted by molar-refractivity contribution is 7.20. The third-order valence-corrected chi connectivity index (χ3v) is 5.09. The first-order valence-electron chi connectivity index (χ1n) is 8.87. The molecule has 1 aromatic heterocycles. The van der Waals surface area contributed by atoms with Crippen LogP contribution in [0, 0.1) is 0 Å². The molecule has 0 fully saturated rings. The number of para-hydroxylation sites is 1. The molecule has 0 aliphatic carbocycles. The van der Waals surface area contributed by atoms with E-state index in [2.05, 4.69) is 10.6 Å². The summed E-state index contributed by atoms with van der Waals surface area (Å²) < 4.78 is 10.7. The summed E-state index contributed by atoms with van der Waals surface area (Å²) in [5.41, 5.74) is 6.50. The summed E-state index contributed by atoms with van der Waals surface area (Å²) >= 11 is 1.27. The summed E-state index contributed by atoms with van der Waals surface area (Å²) in [4.78, 5) is 24.8. The van der Waals surface area contributed by atoms with Crippen molar-refractivity contribution in [3.05, 3.63) is 66.2 Å². The molecule has 0 unspecified atom stereocenters. The van der Waals surface area contributed by atoms with Gasteiger partial charge in [-0.1, -0.05) is 18.2 Å². The first kappa shape index (κ1) is 20.2. The van der Waals surface area contributed by atoms with Crippen LogP contribution in [0.4, 0.5) is 9.80 Å². The van der Waals surface area contributed by atoms with Crippen molar-refractivity contribution >= 4 is 28.3 Å². The standard InChI is InChI=1S/C21H21N3O4S/c1-27-15-9-7-14(8-10-15)18-13-17(20(29-18)24-21(22)26)19(25)23-11-12-28-16-5-3-2-4-6-16/h2-10,13H,11-12H2,1H3,(H,23,25)(H3,22,24,26). The largest absolute Gasteiger partial charge is 0.497 e. The zero-order valence-electron chi connectivity index (χ0n) is 15.8. The number of benzene rings is 2. The number of carbonyl (C=O) groups excluding carboxylic acids is 2. The summed E-state index contributed by atoms with van der Waals surface area (Å²) in [7, 11) is 1.60. The van der Waals surface area contributed by atoms with E-state index in [0.29, 0.717) is 23.7 Å². The first-order valence-corrected chi connectivity index (χ1v) is 9.69. The van der Waals surface area contributed by atoms with Gasteiger partial charge in [0.1, 0.15) is 23.1 Å². The van der Waals surface area contributed by atoms with Crippen molar-refractivity contribution in [1.82, 2.24) is 5.32 Å². The Labute approximate surface area is 172 Å². The average molecular weight is 411 g/mol. The molecule has 0 atom stereocenters. The van der Waals surface area contributed by atoms with E-state index in [1.807, 2.05) is 54.6 Å². The molecule has 8 heteroatoms. The van der Waals surface area contributed by atoms with E-state index < -0.39 is 6.03 Å². The number of thiophene rings is 1. The highest BCUT2D eigenvalue weighted by atomic mass is 32.1. The number of carbonyl (C=O) groups is 2. The maximum absolute atomic E-state index is 12.6. The minimum atomic E-state index is -0.727. The second kappa shape index (κ2) is 9.61. The van der Waals surface area contributed by atoms with Crippen LogP contribution in [-0.2, 0) is 0 Å². The van der Waals surface area contributed by atoms with Crippen LogP contribution >= 0.6 is 11.3 Å². The number of urea groups is 1. The predicted molar refractivity (Wildman–Crippen MR) is 114 cm³/mol. The molecule has 0 radical (unpaired) electrons. The minimum absolute atomic E-state index is 0.317. The summed E-state index contributed by atoms with van der Waals surface area (Å²) in [6, 6.07) is 17.8. The molecular formula is C21H21N3O4S. The molecule has 1 heterocycles. The third kappa shape index (κ3) is 5.49. The number of hydrogen-bond donors (Lipinski definition) is 3. The van der Waals surface area contributed by atoms with Gasteiger partial charge in [0.15, 0.2) is 0 Å². The molecule has 3 aromatic rings. The van der Waals surface area contributed by atoms with Crippen LogP contribution in [0.1, 0.15) is 10.4 Å². The van der Waals surface area contributed by atoms with Crippen molar-refractivity contribution in [1.29, 1.82) is 0 Å². The van der Waals surface area contributed by atoms with Gasteiger partial charge in [0.25, 0.3) is 5.91 Å². The van der Waals surface area contributed by atoms with Gasteiger partial charge in [-0.05, 0) is 48.0 Å². The smallest absolute Gasteiger partial charge is 0.317 e. The number of nitrogens with one attached hydrogen (secondary N) is 2. The maximum Gasteiger partial charge on any atom is 0.317 e. The van der Waals surface area contributed by atoms with E-state index in [9.17, 15) is 9.59 Å². The Bertz CT molecular complexity index is 971. The van der Waals surface area contributed by atoms with Crippen molar-refractivity contribution < 1.29 is 19.1 Å². The lowest BCUT2D eigenvalue weighted by Crippen LogP contribution is -2.29. The quantitative estimate of drug-likeness (QED) is 0.492. The highest BCUT2D eigenvalue weighted by Crippen LogP contribution is 2.36. The van der Waals surface area contributed by atoms with Crippen LogP contribution in [-0.4, -0.2) is 32.2 Å². The van der Waals surface area contributed by atoms with Gasteiger partial charge < -0.3 is 20.5 Å². The molecule has 0 spiro atoms. The predicted octanol–water partition coefficient (Wildman–Crippen LogP) is 3.72. The fraction of sp³-hybridized carbons (Fsp3) is 0.143. The first-order chi connectivity index (χ1) is 14.1. The Morgan fingerprint density at radius 2 is 1.76 bits per heavy atom. The number of methoxy groups -OCH3 is 1. The van der Waals surface area contributed by atoms with Crippen molar-refractivity contribution in [3.63, 3.8) is 0 Å². The molecule has 0 aliphatic rings. The Hall–Kier alpha value is -3.52. The van der Waals surface area contributed by atoms with E-state index in [1.165, 1.54) is 11.3 Å². The van der Waals surface area contributed by atoms with Crippen LogP contribution in [0.15, 0.2) is 60.7 Å². The Kier molecular flexibility index (Phi) is 6.70. The number of amides is 3. The molecule has 3 rings (SSSR count). The second-order valence-electron chi connectivity index (χ2n) is 5.99. The van der Waals surface area contributed by atoms with Gasteiger partial charge in [0, 0.05) is 4.88 Å². The van der Waals surface area contributed by atoms with Gasteiger partial charge >= 0.3 is 6.03 Å². The zero-order valence-corrected chi connectivity index (χ0v) is 16.6. The molecule has 0 saturated heterocycles. The molecule has 2 aromatic carbocycles. The van der Waals surface area contributed by atoms with E-state index in [4.69, 9.17) is 15.2 Å². The van der Waals surface area contributed by atoms with Crippen LogP contribution in [0.5, 0.6) is 11.5 Å². The molecule has 0 aliphatic heterocycles. The molecule has 29 heavy (non-hydrogen) atoms. The zero-order chi connectivity index (χ0) is 20.6. The number of anilines is 1. The molecule has 0 saturated carbocycles. The molecule has 3 amide bonds. The van der Waals surface area contributed by atoms with Gasteiger partial charge in [-0.3, -0.25) is 10.1 Å². The van der Waals surface area contributed by atoms with Gasteiger partial charge in [0.2, 0.25) is 0 Å². The Morgan fingerprint density at radius 3 is 2.41 bits per heavy atom. The normalized spacial score (nSPS) is 10.2. The van der Waals surface area contributed by atoms with Crippen molar-refractivity contribution in [2.45, 2.75) is 0 Å². The van der Waals surface area contributed by atoms with Crippen molar-refractivity contribution in [2.75, 3.05) is 25.6 Å². The van der Waals surface area contributed by atoms with Gasteiger partial charge in [-0.15, -0.1) is 11.3 Å². The molecule has 7 nitrogen and oxygen atoms in total. The summed E-state index contributed by atoms with van der Waals surface area (Å²) in [5, 5.41) is 5.71. The molecule has 150 valence electrons. The summed E-state index contributed by atoms with van der Waals surface area (Å²) in [5.74, 6) is 1.15. The van der Waals surface area contributed by atoms with Crippen LogP contribution in [0.25, 0.3) is 10.4 Å². The topological polar surface area (TPSA) is 103 Å². The number of primary amides is 1. The van der Waals surface area contributed by atoms with Crippen molar-refractivity contribution in [3.8, 4) is 21.9 Å². The molecule has 4 N–H and O–H groups in total. The van der Waals surface area contributed by atoms with Crippen LogP contribution < -0.4 is 25.8 Å². The van der Waals surface area contributed by atoms with Crippen LogP contribution in [0.2, 0.25) is 0 Å². The third-order valence-electron chi connectivity index (χ3n) is 3.99. The summed E-state index contributed by atoms with van der Waals surface area (Å²) in [6.07, 6.45) is 0. The van der Waals surface area contributed by atoms with Gasteiger partial charge in [-0.25, -0.2) is 4.79 Å². The number of rotatable bonds is 8. The van der Waals surface area contributed by atoms with Gasteiger partial charge in [0.05, 0.1) is 19.2 Å². The summed E-state index contributed by atoms with van der Waals surface area (Å²) in [6.45, 7) is 0.640. The highest BCUT2D eigenvalue weighted by Gasteiger charge is 2.18. The average Bonchev–Trinajstić information content (AvgIpc) is 3.15. The Balaban J connectivity index is 1.69. The van der Waals surface area contributed by atoms with Crippen molar-refractivity contribution in [2.24, 2.45) is 5.73 Å². The lowest BCUT2D eigenvalue weighted by atomic mass is 10.1. The second-order valence-corrected chi connectivity index (χ2v) is 7.04.